The molecule has 3 rings (SSSR count). The van der Waals surface area contributed by atoms with Gasteiger partial charge in [0.15, 0.2) is 0 Å². The second kappa shape index (κ2) is 9.59. The minimum atomic E-state index is -0.447. The van der Waals surface area contributed by atoms with Gasteiger partial charge >= 0.3 is 0 Å². The number of nitrogens with zero attached hydrogens (tertiary/aromatic N) is 1. The molecule has 0 heterocycles. The maximum atomic E-state index is 12.4. The van der Waals surface area contributed by atoms with E-state index >= 15 is 0 Å². The summed E-state index contributed by atoms with van der Waals surface area (Å²) in [6, 6.07) is 24.0. The molecule has 0 aromatic heterocycles. The number of amides is 1. The second-order valence-corrected chi connectivity index (χ2v) is 6.85. The van der Waals surface area contributed by atoms with Crippen molar-refractivity contribution in [2.24, 2.45) is 0 Å². The van der Waals surface area contributed by atoms with Gasteiger partial charge in [0.2, 0.25) is 0 Å². The van der Waals surface area contributed by atoms with Crippen LogP contribution < -0.4 is 10.1 Å². The highest BCUT2D eigenvalue weighted by molar-refractivity contribution is 6.31. The van der Waals surface area contributed by atoms with Crippen LogP contribution in [0.5, 0.6) is 5.75 Å². The number of benzene rings is 3. The van der Waals surface area contributed by atoms with Crippen LogP contribution in [-0.2, 0) is 11.4 Å². The molecule has 144 valence electrons. The summed E-state index contributed by atoms with van der Waals surface area (Å²) in [6.45, 7) is 2.29. The molecule has 0 radical (unpaired) electrons. The normalized spacial score (nSPS) is 10.9. The fraction of sp³-hybridized carbons (Fsp3) is 0.0833. The van der Waals surface area contributed by atoms with Gasteiger partial charge in [-0.05, 0) is 54.5 Å². The smallest absolute Gasteiger partial charge is 0.266 e. The van der Waals surface area contributed by atoms with E-state index in [1.54, 1.807) is 36.4 Å². The van der Waals surface area contributed by atoms with Crippen LogP contribution in [0.3, 0.4) is 0 Å². The van der Waals surface area contributed by atoms with E-state index in [-0.39, 0.29) is 5.57 Å². The van der Waals surface area contributed by atoms with Gasteiger partial charge < -0.3 is 10.1 Å². The molecule has 0 unspecified atom stereocenters. The average Bonchev–Trinajstić information content (AvgIpc) is 2.72. The first-order valence-electron chi connectivity index (χ1n) is 9.01. The van der Waals surface area contributed by atoms with Crippen LogP contribution in [0.4, 0.5) is 5.69 Å². The molecule has 0 saturated carbocycles. The summed E-state index contributed by atoms with van der Waals surface area (Å²) in [6.07, 6.45) is 1.54. The first-order chi connectivity index (χ1) is 14.0. The van der Waals surface area contributed by atoms with E-state index in [0.29, 0.717) is 23.1 Å². The number of nitrogens with one attached hydrogen (secondary N) is 1. The van der Waals surface area contributed by atoms with Crippen molar-refractivity contribution in [1.29, 1.82) is 5.26 Å². The largest absolute Gasteiger partial charge is 0.489 e. The molecule has 0 spiro atoms. The molecule has 1 amide bonds. The summed E-state index contributed by atoms with van der Waals surface area (Å²) in [4.78, 5) is 12.4. The number of anilines is 1. The number of aryl methyl sites for hydroxylation is 1. The number of carbonyl (C=O) groups excluding carboxylic acids is 1. The van der Waals surface area contributed by atoms with Crippen LogP contribution in [0.2, 0.25) is 5.02 Å². The average molecular weight is 403 g/mol. The molecule has 0 aliphatic heterocycles. The molecule has 29 heavy (non-hydrogen) atoms. The third-order valence-electron chi connectivity index (χ3n) is 4.18. The van der Waals surface area contributed by atoms with Gasteiger partial charge in [0.05, 0.1) is 0 Å². The van der Waals surface area contributed by atoms with E-state index < -0.39 is 5.91 Å². The lowest BCUT2D eigenvalue weighted by Gasteiger charge is -2.08. The Morgan fingerprint density at radius 2 is 1.86 bits per heavy atom. The number of carbonyl (C=O) groups is 1. The topological polar surface area (TPSA) is 62.1 Å². The number of hydrogen-bond acceptors (Lipinski definition) is 3. The highest BCUT2D eigenvalue weighted by Gasteiger charge is 2.10. The van der Waals surface area contributed by atoms with Crippen molar-refractivity contribution in [2.75, 3.05) is 5.32 Å². The van der Waals surface area contributed by atoms with Gasteiger partial charge in [-0.25, -0.2) is 0 Å². The highest BCUT2D eigenvalue weighted by atomic mass is 35.5. The van der Waals surface area contributed by atoms with Crippen LogP contribution >= 0.6 is 11.6 Å². The van der Waals surface area contributed by atoms with Crippen LogP contribution in [-0.4, -0.2) is 5.91 Å². The first kappa shape index (κ1) is 20.2. The van der Waals surface area contributed by atoms with E-state index in [9.17, 15) is 10.1 Å². The lowest BCUT2D eigenvalue weighted by Crippen LogP contribution is -2.13. The molecule has 0 saturated heterocycles. The standard InChI is InChI=1S/C24H19ClN2O2/c1-17-5-4-7-21(13-17)27-24(28)20(15-26)14-18-9-11-22(12-10-18)29-16-19-6-2-3-8-23(19)25/h2-14H,16H2,1H3,(H,27,28)/b20-14-. The second-order valence-electron chi connectivity index (χ2n) is 6.44. The Balaban J connectivity index is 1.66. The van der Waals surface area contributed by atoms with Crippen molar-refractivity contribution in [3.63, 3.8) is 0 Å². The molecule has 0 aliphatic rings. The summed E-state index contributed by atoms with van der Waals surface area (Å²) in [5.74, 6) is 0.224. The summed E-state index contributed by atoms with van der Waals surface area (Å²) in [7, 11) is 0. The minimum absolute atomic E-state index is 0.0243. The lowest BCUT2D eigenvalue weighted by molar-refractivity contribution is -0.112. The van der Waals surface area contributed by atoms with Crippen molar-refractivity contribution < 1.29 is 9.53 Å². The minimum Gasteiger partial charge on any atom is -0.489 e. The zero-order chi connectivity index (χ0) is 20.6. The number of rotatable bonds is 6. The van der Waals surface area contributed by atoms with E-state index in [2.05, 4.69) is 5.32 Å². The zero-order valence-electron chi connectivity index (χ0n) is 15.9. The first-order valence-corrected chi connectivity index (χ1v) is 9.39. The molecule has 0 atom stereocenters. The Bertz CT molecular complexity index is 1080. The van der Waals surface area contributed by atoms with Crippen LogP contribution in [0.25, 0.3) is 6.08 Å². The lowest BCUT2D eigenvalue weighted by atomic mass is 10.1. The van der Waals surface area contributed by atoms with Crippen molar-refractivity contribution in [3.8, 4) is 11.8 Å². The summed E-state index contributed by atoms with van der Waals surface area (Å²) in [5.41, 5.74) is 3.33. The monoisotopic (exact) mass is 402 g/mol. The molecular weight excluding hydrogens is 384 g/mol. The third kappa shape index (κ3) is 5.71. The Morgan fingerprint density at radius 1 is 1.10 bits per heavy atom. The summed E-state index contributed by atoms with van der Waals surface area (Å²) in [5, 5.41) is 12.8. The molecule has 0 bridgehead atoms. The van der Waals surface area contributed by atoms with Crippen LogP contribution in [0.1, 0.15) is 16.7 Å². The van der Waals surface area contributed by atoms with Crippen molar-refractivity contribution in [3.05, 3.63) is 100 Å². The molecule has 5 heteroatoms. The van der Waals surface area contributed by atoms with Gasteiger partial charge in [-0.1, -0.05) is 54.1 Å². The quantitative estimate of drug-likeness (QED) is 0.420. The fourth-order valence-electron chi connectivity index (χ4n) is 2.67. The Labute approximate surface area is 175 Å². The van der Waals surface area contributed by atoms with E-state index in [0.717, 1.165) is 16.7 Å². The molecule has 0 fully saturated rings. The van der Waals surface area contributed by atoms with Gasteiger partial charge in [0.25, 0.3) is 5.91 Å². The van der Waals surface area contributed by atoms with Crippen molar-refractivity contribution in [1.82, 2.24) is 0 Å². The molecule has 0 aliphatic carbocycles. The maximum Gasteiger partial charge on any atom is 0.266 e. The van der Waals surface area contributed by atoms with Crippen molar-refractivity contribution in [2.45, 2.75) is 13.5 Å². The molecule has 3 aromatic rings. The van der Waals surface area contributed by atoms with E-state index in [1.165, 1.54) is 0 Å². The molecule has 1 N–H and O–H groups in total. The highest BCUT2D eigenvalue weighted by Crippen LogP contribution is 2.20. The predicted octanol–water partition coefficient (Wildman–Crippen LogP) is 5.77. The van der Waals surface area contributed by atoms with Gasteiger partial charge in [-0.3, -0.25) is 4.79 Å². The van der Waals surface area contributed by atoms with Crippen LogP contribution in [0, 0.1) is 18.3 Å². The Hall–Kier alpha value is -3.55. The predicted molar refractivity (Wildman–Crippen MR) is 116 cm³/mol. The Morgan fingerprint density at radius 3 is 2.55 bits per heavy atom. The van der Waals surface area contributed by atoms with E-state index in [1.807, 2.05) is 55.5 Å². The maximum absolute atomic E-state index is 12.4. The van der Waals surface area contributed by atoms with E-state index in [4.69, 9.17) is 16.3 Å². The van der Waals surface area contributed by atoms with Gasteiger partial charge in [0.1, 0.15) is 24.0 Å². The molecule has 4 nitrogen and oxygen atoms in total. The third-order valence-corrected chi connectivity index (χ3v) is 4.55. The summed E-state index contributed by atoms with van der Waals surface area (Å²) >= 11 is 6.13. The number of hydrogen-bond donors (Lipinski definition) is 1. The fourth-order valence-corrected chi connectivity index (χ4v) is 2.86. The molecule has 3 aromatic carbocycles. The summed E-state index contributed by atoms with van der Waals surface area (Å²) < 4.78 is 5.75. The molecular formula is C24H19ClN2O2. The van der Waals surface area contributed by atoms with Gasteiger partial charge in [-0.2, -0.15) is 5.26 Å². The van der Waals surface area contributed by atoms with Crippen molar-refractivity contribution >= 4 is 29.3 Å². The number of nitriles is 1. The number of ether oxygens (including phenoxy) is 1. The van der Waals surface area contributed by atoms with Gasteiger partial charge in [0, 0.05) is 16.3 Å². The Kier molecular flexibility index (Phi) is 6.67. The zero-order valence-corrected chi connectivity index (χ0v) is 16.6. The van der Waals surface area contributed by atoms with Crippen LogP contribution in [0.15, 0.2) is 78.4 Å². The number of halogens is 1. The van der Waals surface area contributed by atoms with Gasteiger partial charge in [-0.15, -0.1) is 0 Å². The SMILES string of the molecule is Cc1cccc(NC(=O)/C(C#N)=C\c2ccc(OCc3ccccc3Cl)cc2)c1.